The number of hydrogen-bond acceptors (Lipinski definition) is 3. The van der Waals surface area contributed by atoms with Gasteiger partial charge in [-0.15, -0.1) is 0 Å². The number of rotatable bonds is 2. The number of carbonyl (C=O) groups excluding carboxylic acids is 1. The molecule has 1 aromatic rings. The molecule has 2 saturated heterocycles. The quantitative estimate of drug-likeness (QED) is 0.882. The maximum Gasteiger partial charge on any atom is 0.220 e. The van der Waals surface area contributed by atoms with Gasteiger partial charge in [0.05, 0.1) is 16.8 Å². The Labute approximate surface area is 130 Å². The molecule has 3 rings (SSSR count). The summed E-state index contributed by atoms with van der Waals surface area (Å²) in [5.41, 5.74) is 1.86. The van der Waals surface area contributed by atoms with Crippen molar-refractivity contribution in [3.63, 3.8) is 0 Å². The van der Waals surface area contributed by atoms with Gasteiger partial charge >= 0.3 is 0 Å². The molecule has 3 atom stereocenters. The molecule has 0 saturated carbocycles. The Morgan fingerprint density at radius 3 is 2.95 bits per heavy atom. The van der Waals surface area contributed by atoms with Gasteiger partial charge in [-0.2, -0.15) is 0 Å². The number of fused-ring (bicyclic) bond motifs is 1. The highest BCUT2D eigenvalue weighted by Gasteiger charge is 2.34. The fraction of sp³-hybridized carbons (Fsp3) is 0.562. The Hall–Kier alpha value is -1.26. The molecule has 2 N–H and O–H groups in total. The number of hydrogen-bond donors (Lipinski definition) is 2. The van der Waals surface area contributed by atoms with E-state index >= 15 is 0 Å². The van der Waals surface area contributed by atoms with E-state index in [0.717, 1.165) is 37.2 Å². The number of nitrogens with one attached hydrogen (secondary N) is 1. The highest BCUT2D eigenvalue weighted by molar-refractivity contribution is 6.33. The van der Waals surface area contributed by atoms with Gasteiger partial charge in [0, 0.05) is 25.6 Å². The van der Waals surface area contributed by atoms with Gasteiger partial charge in [0.1, 0.15) is 0 Å². The minimum atomic E-state index is -0.504. The predicted molar refractivity (Wildman–Crippen MR) is 83.6 cm³/mol. The van der Waals surface area contributed by atoms with Gasteiger partial charge in [0.25, 0.3) is 0 Å². The molecule has 114 valence electrons. The van der Waals surface area contributed by atoms with Crippen LogP contribution in [0.3, 0.4) is 0 Å². The molecule has 5 heteroatoms. The second-order valence-electron chi connectivity index (χ2n) is 6.09. The number of nitrogens with zero attached hydrogens (tertiary/aromatic N) is 1. The summed E-state index contributed by atoms with van der Waals surface area (Å²) in [4.78, 5) is 13.8. The van der Waals surface area contributed by atoms with Gasteiger partial charge in [-0.3, -0.25) is 4.79 Å². The van der Waals surface area contributed by atoms with Crippen molar-refractivity contribution < 1.29 is 9.90 Å². The lowest BCUT2D eigenvalue weighted by Gasteiger charge is -2.42. The number of anilines is 1. The highest BCUT2D eigenvalue weighted by atomic mass is 35.5. The van der Waals surface area contributed by atoms with E-state index in [1.807, 2.05) is 18.2 Å². The van der Waals surface area contributed by atoms with Gasteiger partial charge < -0.3 is 15.3 Å². The molecule has 0 radical (unpaired) electrons. The molecule has 4 nitrogen and oxygen atoms in total. The maximum absolute atomic E-state index is 11.5. The van der Waals surface area contributed by atoms with Crippen molar-refractivity contribution in [1.29, 1.82) is 0 Å². The van der Waals surface area contributed by atoms with E-state index in [1.54, 1.807) is 6.92 Å². The van der Waals surface area contributed by atoms with Crippen LogP contribution in [0.1, 0.15) is 37.9 Å². The zero-order valence-electron chi connectivity index (χ0n) is 12.2. The fourth-order valence-corrected chi connectivity index (χ4v) is 3.68. The van der Waals surface area contributed by atoms with Crippen LogP contribution >= 0.6 is 11.6 Å². The second-order valence-corrected chi connectivity index (χ2v) is 6.50. The summed E-state index contributed by atoms with van der Waals surface area (Å²) < 4.78 is 0. The fourth-order valence-electron chi connectivity index (χ4n) is 3.37. The monoisotopic (exact) mass is 308 g/mol. The van der Waals surface area contributed by atoms with E-state index < -0.39 is 6.10 Å². The molecule has 21 heavy (non-hydrogen) atoms. The highest BCUT2D eigenvalue weighted by Crippen LogP contribution is 2.34. The van der Waals surface area contributed by atoms with Crippen LogP contribution in [0.5, 0.6) is 0 Å². The summed E-state index contributed by atoms with van der Waals surface area (Å²) >= 11 is 6.38. The summed E-state index contributed by atoms with van der Waals surface area (Å²) in [6.07, 6.45) is 2.04. The smallest absolute Gasteiger partial charge is 0.220 e. The molecular formula is C16H21ClN2O2. The van der Waals surface area contributed by atoms with Crippen molar-refractivity contribution in [2.24, 2.45) is 5.92 Å². The Morgan fingerprint density at radius 1 is 1.43 bits per heavy atom. The molecule has 1 aromatic carbocycles. The topological polar surface area (TPSA) is 52.6 Å². The molecule has 2 fully saturated rings. The van der Waals surface area contributed by atoms with Crippen LogP contribution in [-0.4, -0.2) is 30.1 Å². The van der Waals surface area contributed by atoms with E-state index in [-0.39, 0.29) is 5.91 Å². The molecule has 0 aliphatic carbocycles. The van der Waals surface area contributed by atoms with Crippen molar-refractivity contribution in [1.82, 2.24) is 5.32 Å². The van der Waals surface area contributed by atoms with Crippen molar-refractivity contribution in [3.8, 4) is 0 Å². The number of piperidine rings is 2. The molecule has 2 heterocycles. The van der Waals surface area contributed by atoms with Crippen LogP contribution in [0.2, 0.25) is 5.02 Å². The van der Waals surface area contributed by atoms with Crippen LogP contribution < -0.4 is 10.2 Å². The first-order chi connectivity index (χ1) is 10.0. The lowest BCUT2D eigenvalue weighted by atomic mass is 9.85. The Morgan fingerprint density at radius 2 is 2.24 bits per heavy atom. The lowest BCUT2D eigenvalue weighted by molar-refractivity contribution is -0.124. The zero-order chi connectivity index (χ0) is 15.0. The van der Waals surface area contributed by atoms with Crippen molar-refractivity contribution in [2.75, 3.05) is 18.0 Å². The summed E-state index contributed by atoms with van der Waals surface area (Å²) in [5.74, 6) is 0.688. The van der Waals surface area contributed by atoms with Crippen molar-refractivity contribution in [2.45, 2.75) is 38.3 Å². The molecule has 1 amide bonds. The molecular weight excluding hydrogens is 288 g/mol. The Balaban J connectivity index is 1.75. The van der Waals surface area contributed by atoms with Crippen LogP contribution in [0.25, 0.3) is 0 Å². The van der Waals surface area contributed by atoms with Gasteiger partial charge in [-0.05, 0) is 43.4 Å². The third kappa shape index (κ3) is 3.01. The second kappa shape index (κ2) is 5.85. The zero-order valence-corrected chi connectivity index (χ0v) is 12.9. The summed E-state index contributed by atoms with van der Waals surface area (Å²) in [5, 5.41) is 13.4. The van der Waals surface area contributed by atoms with Crippen LogP contribution in [0.15, 0.2) is 18.2 Å². The van der Waals surface area contributed by atoms with E-state index in [0.29, 0.717) is 23.4 Å². The minimum Gasteiger partial charge on any atom is -0.389 e. The molecule has 0 spiro atoms. The standard InChI is InChI=1S/C16H21ClN2O2/c1-10(20)11-2-4-15(13(17)8-11)19-7-6-14-12(9-19)3-5-16(21)18-14/h2,4,8,10,12,14,20H,3,5-7,9H2,1H3,(H,18,21)/t10-,12?,14?/m1/s1. The summed E-state index contributed by atoms with van der Waals surface area (Å²) in [7, 11) is 0. The first kappa shape index (κ1) is 14.7. The average molecular weight is 309 g/mol. The predicted octanol–water partition coefficient (Wildman–Crippen LogP) is 2.50. The van der Waals surface area contributed by atoms with Crippen LogP contribution in [0, 0.1) is 5.92 Å². The molecule has 2 aliphatic heterocycles. The van der Waals surface area contributed by atoms with Crippen LogP contribution in [0.4, 0.5) is 5.69 Å². The maximum atomic E-state index is 11.5. The number of carbonyl (C=O) groups is 1. The SMILES string of the molecule is C[C@@H](O)c1ccc(N2CCC3NC(=O)CCC3C2)c(Cl)c1. The molecule has 0 bridgehead atoms. The minimum absolute atomic E-state index is 0.184. The van der Waals surface area contributed by atoms with E-state index in [1.165, 1.54) is 0 Å². The summed E-state index contributed by atoms with van der Waals surface area (Å²) in [6, 6.07) is 6.08. The van der Waals surface area contributed by atoms with Crippen LogP contribution in [-0.2, 0) is 4.79 Å². The number of benzene rings is 1. The van der Waals surface area contributed by atoms with Crippen molar-refractivity contribution >= 4 is 23.2 Å². The number of aliphatic hydroxyl groups excluding tert-OH is 1. The average Bonchev–Trinajstić information content (AvgIpc) is 2.46. The first-order valence-electron chi connectivity index (χ1n) is 7.56. The van der Waals surface area contributed by atoms with E-state index in [2.05, 4.69) is 10.2 Å². The normalized spacial score (nSPS) is 27.0. The van der Waals surface area contributed by atoms with Gasteiger partial charge in [-0.1, -0.05) is 17.7 Å². The number of halogens is 1. The first-order valence-corrected chi connectivity index (χ1v) is 7.94. The lowest BCUT2D eigenvalue weighted by Crippen LogP contribution is -2.54. The summed E-state index contributed by atoms with van der Waals surface area (Å²) in [6.45, 7) is 3.56. The van der Waals surface area contributed by atoms with Gasteiger partial charge in [0.15, 0.2) is 0 Å². The molecule has 0 aromatic heterocycles. The van der Waals surface area contributed by atoms with E-state index in [4.69, 9.17) is 11.6 Å². The Bertz CT molecular complexity index is 547. The number of amides is 1. The molecule has 2 unspecified atom stereocenters. The third-order valence-electron chi connectivity index (χ3n) is 4.62. The number of aliphatic hydroxyl groups is 1. The van der Waals surface area contributed by atoms with Gasteiger partial charge in [-0.25, -0.2) is 0 Å². The van der Waals surface area contributed by atoms with Gasteiger partial charge in [0.2, 0.25) is 5.91 Å². The Kier molecular flexibility index (Phi) is 4.09. The largest absolute Gasteiger partial charge is 0.389 e. The van der Waals surface area contributed by atoms with E-state index in [9.17, 15) is 9.90 Å². The third-order valence-corrected chi connectivity index (χ3v) is 4.92. The molecule has 2 aliphatic rings. The van der Waals surface area contributed by atoms with Crippen molar-refractivity contribution in [3.05, 3.63) is 28.8 Å².